The number of piperidine rings is 3. The number of hydrogen-bond donors (Lipinski definition) is 1. The third-order valence-electron chi connectivity index (χ3n) is 5.66. The number of hydrogen-bond acceptors (Lipinski definition) is 4. The van der Waals surface area contributed by atoms with Crippen molar-refractivity contribution in [2.24, 2.45) is 5.92 Å². The number of nitrogens with one attached hydrogen (secondary N) is 1. The molecule has 0 saturated carbocycles. The van der Waals surface area contributed by atoms with Crippen molar-refractivity contribution < 1.29 is 9.53 Å². The highest BCUT2D eigenvalue weighted by atomic mass is 16.5. The summed E-state index contributed by atoms with van der Waals surface area (Å²) in [4.78, 5) is 15.1. The van der Waals surface area contributed by atoms with E-state index >= 15 is 0 Å². The summed E-state index contributed by atoms with van der Waals surface area (Å²) in [6, 6.07) is 8.20. The van der Waals surface area contributed by atoms with Crippen LogP contribution in [0.5, 0.6) is 5.75 Å². The monoisotopic (exact) mass is 340 g/mol. The molecule has 4 heterocycles. The quantitative estimate of drug-likeness (QED) is 0.933. The van der Waals surface area contributed by atoms with Gasteiger partial charge in [-0.2, -0.15) is 9.78 Å². The minimum Gasteiger partial charge on any atom is -0.497 e. The van der Waals surface area contributed by atoms with Crippen LogP contribution in [0.2, 0.25) is 0 Å². The molecule has 1 N–H and O–H groups in total. The van der Waals surface area contributed by atoms with Crippen molar-refractivity contribution in [1.82, 2.24) is 20.0 Å². The molecule has 132 valence electrons. The molecule has 3 aliphatic rings. The molecule has 3 fully saturated rings. The number of aromatic nitrogens is 2. The number of amides is 1. The zero-order valence-electron chi connectivity index (χ0n) is 14.7. The van der Waals surface area contributed by atoms with E-state index in [2.05, 4.69) is 22.2 Å². The normalized spacial score (nSPS) is 27.9. The lowest BCUT2D eigenvalue weighted by Crippen LogP contribution is -2.62. The fraction of sp³-hybridized carbons (Fsp3) is 0.474. The molecule has 0 aliphatic carbocycles. The van der Waals surface area contributed by atoms with Gasteiger partial charge >= 0.3 is 6.03 Å². The molecule has 1 aromatic carbocycles. The molecule has 2 bridgehead atoms. The lowest BCUT2D eigenvalue weighted by Gasteiger charge is -2.49. The minimum atomic E-state index is -0.153. The Balaban J connectivity index is 1.49. The molecule has 0 spiro atoms. The van der Waals surface area contributed by atoms with E-state index < -0.39 is 0 Å². The molecule has 0 radical (unpaired) electrons. The standard InChI is InChI=1S/C19H24N4O2/c1-13-18(14-6-8-22(13)9-7-14)21-19(24)23-12-16(11-20-23)15-4-3-5-17(10-15)25-2/h3-5,10-14,18H,6-9H2,1-2H3,(H,21,24)/t13-,18-/m0/s1. The van der Waals surface area contributed by atoms with E-state index in [0.717, 1.165) is 30.0 Å². The van der Waals surface area contributed by atoms with Crippen LogP contribution in [0.3, 0.4) is 0 Å². The van der Waals surface area contributed by atoms with Crippen LogP contribution in [-0.2, 0) is 0 Å². The summed E-state index contributed by atoms with van der Waals surface area (Å²) >= 11 is 0. The molecule has 0 unspecified atom stereocenters. The lowest BCUT2D eigenvalue weighted by molar-refractivity contribution is 0.0266. The van der Waals surface area contributed by atoms with Gasteiger partial charge in [0.1, 0.15) is 5.75 Å². The fourth-order valence-electron chi connectivity index (χ4n) is 4.14. The van der Waals surface area contributed by atoms with Crippen molar-refractivity contribution in [1.29, 1.82) is 0 Å². The number of ether oxygens (including phenoxy) is 1. The van der Waals surface area contributed by atoms with E-state index in [4.69, 9.17) is 4.74 Å². The molecule has 1 amide bonds. The highest BCUT2D eigenvalue weighted by Gasteiger charge is 2.40. The van der Waals surface area contributed by atoms with Crippen molar-refractivity contribution in [3.05, 3.63) is 36.7 Å². The van der Waals surface area contributed by atoms with Gasteiger partial charge in [-0.25, -0.2) is 4.79 Å². The third-order valence-corrected chi connectivity index (χ3v) is 5.66. The summed E-state index contributed by atoms with van der Waals surface area (Å²) in [7, 11) is 1.64. The fourth-order valence-corrected chi connectivity index (χ4v) is 4.14. The van der Waals surface area contributed by atoms with Crippen molar-refractivity contribution in [2.75, 3.05) is 20.2 Å². The van der Waals surface area contributed by atoms with Gasteiger partial charge in [0.2, 0.25) is 0 Å². The second-order valence-corrected chi connectivity index (χ2v) is 6.99. The maximum Gasteiger partial charge on any atom is 0.342 e. The Bertz CT molecular complexity index is 762. The SMILES string of the molecule is COc1cccc(-c2cnn(C(=O)N[C@@H]3C4CCN(CC4)[C@H]3C)c2)c1. The molecule has 3 saturated heterocycles. The number of methoxy groups -OCH3 is 1. The summed E-state index contributed by atoms with van der Waals surface area (Å²) in [5.74, 6) is 1.37. The molecular weight excluding hydrogens is 316 g/mol. The van der Waals surface area contributed by atoms with Crippen LogP contribution in [0, 0.1) is 5.92 Å². The number of rotatable bonds is 3. The average molecular weight is 340 g/mol. The van der Waals surface area contributed by atoms with E-state index in [1.165, 1.54) is 17.5 Å². The Morgan fingerprint density at radius 1 is 1.28 bits per heavy atom. The van der Waals surface area contributed by atoms with Crippen LogP contribution in [0.25, 0.3) is 11.1 Å². The average Bonchev–Trinajstić information content (AvgIpc) is 3.15. The summed E-state index contributed by atoms with van der Waals surface area (Å²) < 4.78 is 6.66. The Labute approximate surface area is 147 Å². The van der Waals surface area contributed by atoms with Gasteiger partial charge in [-0.3, -0.25) is 4.90 Å². The van der Waals surface area contributed by atoms with Crippen LogP contribution in [-0.4, -0.2) is 53.0 Å². The van der Waals surface area contributed by atoms with Gasteiger partial charge in [0, 0.05) is 23.8 Å². The molecule has 6 nitrogen and oxygen atoms in total. The summed E-state index contributed by atoms with van der Waals surface area (Å²) in [6.45, 7) is 4.51. The van der Waals surface area contributed by atoms with Gasteiger partial charge in [0.05, 0.1) is 13.3 Å². The zero-order chi connectivity index (χ0) is 17.4. The number of fused-ring (bicyclic) bond motifs is 3. The maximum absolute atomic E-state index is 12.6. The predicted octanol–water partition coefficient (Wildman–Crippen LogP) is 2.60. The second kappa shape index (κ2) is 6.52. The van der Waals surface area contributed by atoms with Crippen LogP contribution in [0.15, 0.2) is 36.7 Å². The Hall–Kier alpha value is -2.34. The van der Waals surface area contributed by atoms with Crippen LogP contribution in [0.1, 0.15) is 19.8 Å². The second-order valence-electron chi connectivity index (χ2n) is 6.99. The van der Waals surface area contributed by atoms with Crippen LogP contribution in [0.4, 0.5) is 4.79 Å². The highest BCUT2D eigenvalue weighted by Crippen LogP contribution is 2.32. The van der Waals surface area contributed by atoms with E-state index in [9.17, 15) is 4.79 Å². The number of carbonyl (C=O) groups is 1. The zero-order valence-corrected chi connectivity index (χ0v) is 14.7. The van der Waals surface area contributed by atoms with Gasteiger partial charge in [-0.05, 0) is 56.5 Å². The first-order valence-corrected chi connectivity index (χ1v) is 8.90. The first-order valence-electron chi connectivity index (χ1n) is 8.90. The third kappa shape index (κ3) is 3.02. The molecule has 2 atom stereocenters. The van der Waals surface area contributed by atoms with E-state index in [-0.39, 0.29) is 12.1 Å². The molecule has 2 aromatic rings. The van der Waals surface area contributed by atoms with E-state index in [0.29, 0.717) is 12.0 Å². The maximum atomic E-state index is 12.6. The minimum absolute atomic E-state index is 0.153. The van der Waals surface area contributed by atoms with Gasteiger partial charge in [-0.15, -0.1) is 0 Å². The smallest absolute Gasteiger partial charge is 0.342 e. The first kappa shape index (κ1) is 16.1. The predicted molar refractivity (Wildman–Crippen MR) is 95.7 cm³/mol. The molecular formula is C19H24N4O2. The van der Waals surface area contributed by atoms with Crippen LogP contribution < -0.4 is 10.1 Å². The number of nitrogens with zero attached hydrogens (tertiary/aromatic N) is 3. The molecule has 1 aromatic heterocycles. The van der Waals surface area contributed by atoms with Crippen molar-refractivity contribution in [3.63, 3.8) is 0 Å². The molecule has 6 heteroatoms. The Kier molecular flexibility index (Phi) is 4.21. The van der Waals surface area contributed by atoms with Crippen molar-refractivity contribution >= 4 is 6.03 Å². The molecule has 3 aliphatic heterocycles. The topological polar surface area (TPSA) is 59.4 Å². The van der Waals surface area contributed by atoms with Crippen molar-refractivity contribution in [2.45, 2.75) is 31.8 Å². The molecule has 5 rings (SSSR count). The summed E-state index contributed by atoms with van der Waals surface area (Å²) in [6.07, 6.45) is 5.83. The van der Waals surface area contributed by atoms with Gasteiger partial charge in [0.25, 0.3) is 0 Å². The van der Waals surface area contributed by atoms with Crippen LogP contribution >= 0.6 is 0 Å². The van der Waals surface area contributed by atoms with Gasteiger partial charge in [-0.1, -0.05) is 12.1 Å². The van der Waals surface area contributed by atoms with E-state index in [1.54, 1.807) is 19.5 Å². The Morgan fingerprint density at radius 3 is 2.80 bits per heavy atom. The number of carbonyl (C=O) groups excluding carboxylic acids is 1. The molecule has 25 heavy (non-hydrogen) atoms. The highest BCUT2D eigenvalue weighted by molar-refractivity contribution is 5.78. The van der Waals surface area contributed by atoms with Gasteiger partial charge < -0.3 is 10.1 Å². The lowest BCUT2D eigenvalue weighted by atomic mass is 9.79. The van der Waals surface area contributed by atoms with E-state index in [1.807, 2.05) is 24.3 Å². The summed E-state index contributed by atoms with van der Waals surface area (Å²) in [5.41, 5.74) is 1.88. The first-order chi connectivity index (χ1) is 12.2. The van der Waals surface area contributed by atoms with Crippen molar-refractivity contribution in [3.8, 4) is 16.9 Å². The largest absolute Gasteiger partial charge is 0.497 e. The Morgan fingerprint density at radius 2 is 2.08 bits per heavy atom. The van der Waals surface area contributed by atoms with Gasteiger partial charge in [0.15, 0.2) is 0 Å². The summed E-state index contributed by atoms with van der Waals surface area (Å²) in [5, 5.41) is 7.45. The number of benzene rings is 1.